The van der Waals surface area contributed by atoms with Crippen LogP contribution >= 0.6 is 0 Å². The van der Waals surface area contributed by atoms with Gasteiger partial charge in [-0.3, -0.25) is 4.79 Å². The molecule has 5 nitrogen and oxygen atoms in total. The quantitative estimate of drug-likeness (QED) is 0.678. The van der Waals surface area contributed by atoms with E-state index in [1.165, 1.54) is 0 Å². The minimum Gasteiger partial charge on any atom is -0.394 e. The molecule has 0 saturated carbocycles. The van der Waals surface area contributed by atoms with Crippen LogP contribution in [-0.2, 0) is 14.6 Å². The molecule has 0 radical (unpaired) electrons. The number of nitrogens with one attached hydrogen (secondary N) is 1. The van der Waals surface area contributed by atoms with Crippen molar-refractivity contribution in [3.05, 3.63) is 0 Å². The minimum atomic E-state index is -3.03. The van der Waals surface area contributed by atoms with E-state index in [0.29, 0.717) is 6.42 Å². The average Bonchev–Trinajstić information content (AvgIpc) is 2.45. The molecule has 1 aliphatic rings. The van der Waals surface area contributed by atoms with Crippen LogP contribution in [0, 0.1) is 5.92 Å². The molecule has 1 atom stereocenters. The third-order valence-corrected chi connectivity index (χ3v) is 4.23. The third kappa shape index (κ3) is 3.46. The van der Waals surface area contributed by atoms with E-state index in [9.17, 15) is 13.2 Å². The summed E-state index contributed by atoms with van der Waals surface area (Å²) in [5.74, 6) is -0.721. The monoisotopic (exact) mass is 235 g/mol. The Bertz CT molecular complexity index is 347. The van der Waals surface area contributed by atoms with Crippen LogP contribution in [0.2, 0.25) is 0 Å². The molecule has 6 heteroatoms. The van der Waals surface area contributed by atoms with Crippen molar-refractivity contribution < 1.29 is 18.3 Å². The number of hydrogen-bond donors (Lipinski definition) is 2. The molecular formula is C9H17NO4S. The van der Waals surface area contributed by atoms with Crippen molar-refractivity contribution in [3.63, 3.8) is 0 Å². The fourth-order valence-electron chi connectivity index (χ4n) is 1.48. The molecule has 0 aromatic rings. The highest BCUT2D eigenvalue weighted by Gasteiger charge is 2.34. The molecule has 1 fully saturated rings. The highest BCUT2D eigenvalue weighted by molar-refractivity contribution is 7.91. The van der Waals surface area contributed by atoms with Crippen LogP contribution in [-0.4, -0.2) is 43.1 Å². The second-order valence-electron chi connectivity index (χ2n) is 4.63. The summed E-state index contributed by atoms with van der Waals surface area (Å²) in [6, 6.07) is 0. The highest BCUT2D eigenvalue weighted by atomic mass is 32.2. The molecule has 0 spiro atoms. The Kier molecular flexibility index (Phi) is 3.40. The highest BCUT2D eigenvalue weighted by Crippen LogP contribution is 2.19. The van der Waals surface area contributed by atoms with Gasteiger partial charge in [-0.25, -0.2) is 8.42 Å². The Morgan fingerprint density at radius 3 is 2.53 bits per heavy atom. The van der Waals surface area contributed by atoms with Gasteiger partial charge >= 0.3 is 0 Å². The fraction of sp³-hybridized carbons (Fsp3) is 0.889. The van der Waals surface area contributed by atoms with Crippen LogP contribution in [0.3, 0.4) is 0 Å². The molecule has 0 aromatic heterocycles. The Hall–Kier alpha value is -0.620. The molecular weight excluding hydrogens is 218 g/mol. The number of carbonyl (C=O) groups is 1. The first-order chi connectivity index (χ1) is 6.76. The second-order valence-corrected chi connectivity index (χ2v) is 6.86. The van der Waals surface area contributed by atoms with Crippen molar-refractivity contribution >= 4 is 15.7 Å². The summed E-state index contributed by atoms with van der Waals surface area (Å²) in [6.07, 6.45) is 0.385. The zero-order valence-corrected chi connectivity index (χ0v) is 9.80. The Morgan fingerprint density at radius 2 is 2.13 bits per heavy atom. The third-order valence-electron chi connectivity index (χ3n) is 2.46. The minimum absolute atomic E-state index is 0.0691. The van der Waals surface area contributed by atoms with Crippen LogP contribution in [0.5, 0.6) is 0 Å². The van der Waals surface area contributed by atoms with Crippen LogP contribution in [0.25, 0.3) is 0 Å². The Labute approximate surface area is 89.8 Å². The van der Waals surface area contributed by atoms with E-state index < -0.39 is 21.3 Å². The van der Waals surface area contributed by atoms with Crippen LogP contribution in [0.4, 0.5) is 0 Å². The maximum atomic E-state index is 11.6. The summed E-state index contributed by atoms with van der Waals surface area (Å²) < 4.78 is 22.3. The van der Waals surface area contributed by atoms with Gasteiger partial charge in [-0.15, -0.1) is 0 Å². The number of aliphatic hydroxyl groups is 1. The molecule has 0 aromatic carbocycles. The normalized spacial score (nSPS) is 25.1. The van der Waals surface area contributed by atoms with Crippen molar-refractivity contribution in [3.8, 4) is 0 Å². The number of rotatable bonds is 3. The average molecular weight is 235 g/mol. The van der Waals surface area contributed by atoms with E-state index in [4.69, 9.17) is 5.11 Å². The molecule has 1 unspecified atom stereocenters. The summed E-state index contributed by atoms with van der Waals surface area (Å²) in [7, 11) is -3.03. The number of hydrogen-bond acceptors (Lipinski definition) is 4. The second kappa shape index (κ2) is 4.09. The van der Waals surface area contributed by atoms with Crippen molar-refractivity contribution in [2.45, 2.75) is 25.8 Å². The summed E-state index contributed by atoms with van der Waals surface area (Å²) in [5.41, 5.74) is -0.691. The van der Waals surface area contributed by atoms with Gasteiger partial charge < -0.3 is 10.4 Å². The molecule has 1 rings (SSSR count). The molecule has 1 aliphatic heterocycles. The van der Waals surface area contributed by atoms with Gasteiger partial charge in [0.2, 0.25) is 5.91 Å². The molecule has 15 heavy (non-hydrogen) atoms. The van der Waals surface area contributed by atoms with Crippen molar-refractivity contribution in [2.75, 3.05) is 18.1 Å². The first-order valence-electron chi connectivity index (χ1n) is 4.89. The number of sulfone groups is 1. The summed E-state index contributed by atoms with van der Waals surface area (Å²) in [6.45, 7) is 3.21. The van der Waals surface area contributed by atoms with E-state index in [2.05, 4.69) is 5.32 Å². The lowest BCUT2D eigenvalue weighted by molar-refractivity contribution is -0.126. The number of carbonyl (C=O) groups excluding carboxylic acids is 1. The van der Waals surface area contributed by atoms with Crippen molar-refractivity contribution in [1.82, 2.24) is 5.32 Å². The zero-order chi connectivity index (χ0) is 11.7. The standard InChI is InChI=1S/C9H17NO4S/c1-9(2,6-11)10-8(12)7-3-4-15(13,14)5-7/h7,11H,3-6H2,1-2H3,(H,10,12). The van der Waals surface area contributed by atoms with Gasteiger partial charge in [0.05, 0.1) is 29.6 Å². The van der Waals surface area contributed by atoms with Crippen molar-refractivity contribution in [2.24, 2.45) is 5.92 Å². The predicted octanol–water partition coefficient (Wildman–Crippen LogP) is -0.692. The maximum Gasteiger partial charge on any atom is 0.224 e. The fourth-order valence-corrected chi connectivity index (χ4v) is 3.22. The van der Waals surface area contributed by atoms with Gasteiger partial charge in [0, 0.05) is 0 Å². The summed E-state index contributed by atoms with van der Waals surface area (Å²) >= 11 is 0. The van der Waals surface area contributed by atoms with Gasteiger partial charge in [0.25, 0.3) is 0 Å². The van der Waals surface area contributed by atoms with E-state index in [-0.39, 0.29) is 24.0 Å². The summed E-state index contributed by atoms with van der Waals surface area (Å²) in [5, 5.41) is 11.6. The molecule has 2 N–H and O–H groups in total. The van der Waals surface area contributed by atoms with Crippen LogP contribution in [0.15, 0.2) is 0 Å². The first-order valence-corrected chi connectivity index (χ1v) is 6.71. The van der Waals surface area contributed by atoms with E-state index >= 15 is 0 Å². The lowest BCUT2D eigenvalue weighted by atomic mass is 10.0. The number of amides is 1. The smallest absolute Gasteiger partial charge is 0.224 e. The molecule has 0 aliphatic carbocycles. The summed E-state index contributed by atoms with van der Waals surface area (Å²) in [4.78, 5) is 11.6. The largest absolute Gasteiger partial charge is 0.394 e. The molecule has 1 saturated heterocycles. The Morgan fingerprint density at radius 1 is 1.53 bits per heavy atom. The maximum absolute atomic E-state index is 11.6. The van der Waals surface area contributed by atoms with Gasteiger partial charge in [0.15, 0.2) is 9.84 Å². The van der Waals surface area contributed by atoms with Gasteiger partial charge in [-0.05, 0) is 20.3 Å². The van der Waals surface area contributed by atoms with Crippen LogP contribution < -0.4 is 5.32 Å². The van der Waals surface area contributed by atoms with Crippen LogP contribution in [0.1, 0.15) is 20.3 Å². The predicted molar refractivity (Wildman–Crippen MR) is 56.1 cm³/mol. The molecule has 88 valence electrons. The zero-order valence-electron chi connectivity index (χ0n) is 8.99. The molecule has 0 bridgehead atoms. The van der Waals surface area contributed by atoms with E-state index in [1.807, 2.05) is 0 Å². The SMILES string of the molecule is CC(C)(CO)NC(=O)C1CCS(=O)(=O)C1. The lowest BCUT2D eigenvalue weighted by Gasteiger charge is -2.25. The van der Waals surface area contributed by atoms with Crippen molar-refractivity contribution in [1.29, 1.82) is 0 Å². The first kappa shape index (κ1) is 12.4. The van der Waals surface area contributed by atoms with E-state index in [0.717, 1.165) is 0 Å². The van der Waals surface area contributed by atoms with E-state index in [1.54, 1.807) is 13.8 Å². The topological polar surface area (TPSA) is 83.5 Å². The Balaban J connectivity index is 2.57. The molecule has 1 amide bonds. The van der Waals surface area contributed by atoms with Gasteiger partial charge in [-0.1, -0.05) is 0 Å². The van der Waals surface area contributed by atoms with Gasteiger partial charge in [0.1, 0.15) is 0 Å². The lowest BCUT2D eigenvalue weighted by Crippen LogP contribution is -2.48. The van der Waals surface area contributed by atoms with Gasteiger partial charge in [-0.2, -0.15) is 0 Å². The molecule has 1 heterocycles. The number of aliphatic hydroxyl groups excluding tert-OH is 1.